The molecule has 1 aliphatic heterocycles. The number of nitriles is 1. The number of ether oxygens (including phenoxy) is 2. The van der Waals surface area contributed by atoms with Gasteiger partial charge < -0.3 is 9.47 Å². The largest absolute Gasteiger partial charge is 0.383 e. The molecule has 1 aliphatic rings. The Labute approximate surface area is 143 Å². The van der Waals surface area contributed by atoms with Gasteiger partial charge in [-0.05, 0) is 30.5 Å². The van der Waals surface area contributed by atoms with E-state index in [4.69, 9.17) is 9.47 Å². The maximum absolute atomic E-state index is 9.53. The number of benzene rings is 2. The standard InChI is InChI=1S/C21H23NO2/c1-15-4-7-19(8-5-15)21(11-17(12-22)13-23-3)20-9-6-16(2)10-18(20)14-24-21/h4-10,17H,11,13-14H2,1-3H3. The fourth-order valence-electron chi connectivity index (χ4n) is 3.55. The molecule has 1 heterocycles. The van der Waals surface area contributed by atoms with Gasteiger partial charge in [0, 0.05) is 13.5 Å². The summed E-state index contributed by atoms with van der Waals surface area (Å²) in [6.45, 7) is 5.16. The van der Waals surface area contributed by atoms with Crippen molar-refractivity contribution in [1.29, 1.82) is 5.26 Å². The van der Waals surface area contributed by atoms with Crippen molar-refractivity contribution in [2.24, 2.45) is 5.92 Å². The fourth-order valence-corrected chi connectivity index (χ4v) is 3.55. The van der Waals surface area contributed by atoms with E-state index in [9.17, 15) is 5.26 Å². The summed E-state index contributed by atoms with van der Waals surface area (Å²) in [4.78, 5) is 0. The minimum atomic E-state index is -0.574. The number of aryl methyl sites for hydroxylation is 2. The predicted molar refractivity (Wildman–Crippen MR) is 93.5 cm³/mol. The highest BCUT2D eigenvalue weighted by Gasteiger charge is 2.43. The van der Waals surface area contributed by atoms with Gasteiger partial charge in [0.25, 0.3) is 0 Å². The Hall–Kier alpha value is -2.15. The molecule has 0 aromatic heterocycles. The molecule has 2 unspecified atom stereocenters. The zero-order chi connectivity index (χ0) is 17.2. The molecule has 0 bridgehead atoms. The molecule has 0 radical (unpaired) electrons. The van der Waals surface area contributed by atoms with Crippen LogP contribution in [0.1, 0.15) is 34.2 Å². The summed E-state index contributed by atoms with van der Waals surface area (Å²) in [7, 11) is 1.63. The third kappa shape index (κ3) is 2.96. The summed E-state index contributed by atoms with van der Waals surface area (Å²) in [6, 6.07) is 17.3. The number of nitrogens with zero attached hydrogens (tertiary/aromatic N) is 1. The van der Waals surface area contributed by atoms with Crippen LogP contribution in [0.2, 0.25) is 0 Å². The maximum Gasteiger partial charge on any atom is 0.120 e. The normalized spacial score (nSPS) is 20.4. The zero-order valence-electron chi connectivity index (χ0n) is 14.5. The molecule has 0 fully saturated rings. The Morgan fingerprint density at radius 1 is 1.17 bits per heavy atom. The van der Waals surface area contributed by atoms with Crippen molar-refractivity contribution in [2.45, 2.75) is 32.5 Å². The lowest BCUT2D eigenvalue weighted by molar-refractivity contribution is -0.0246. The van der Waals surface area contributed by atoms with Crippen molar-refractivity contribution in [2.75, 3.05) is 13.7 Å². The van der Waals surface area contributed by atoms with Gasteiger partial charge in [0.1, 0.15) is 5.60 Å². The van der Waals surface area contributed by atoms with Crippen LogP contribution in [0.15, 0.2) is 42.5 Å². The predicted octanol–water partition coefficient (Wildman–Crippen LogP) is 4.25. The first-order chi connectivity index (χ1) is 11.6. The summed E-state index contributed by atoms with van der Waals surface area (Å²) < 4.78 is 11.6. The average molecular weight is 321 g/mol. The van der Waals surface area contributed by atoms with Crippen LogP contribution >= 0.6 is 0 Å². The van der Waals surface area contributed by atoms with E-state index in [1.54, 1.807) is 7.11 Å². The lowest BCUT2D eigenvalue weighted by Gasteiger charge is -2.32. The van der Waals surface area contributed by atoms with Crippen molar-refractivity contribution in [1.82, 2.24) is 0 Å². The van der Waals surface area contributed by atoms with Crippen molar-refractivity contribution in [3.63, 3.8) is 0 Å². The van der Waals surface area contributed by atoms with Crippen LogP contribution < -0.4 is 0 Å². The van der Waals surface area contributed by atoms with Crippen LogP contribution in [0, 0.1) is 31.1 Å². The van der Waals surface area contributed by atoms with Gasteiger partial charge in [0.2, 0.25) is 0 Å². The molecule has 24 heavy (non-hydrogen) atoms. The maximum atomic E-state index is 9.53. The zero-order valence-corrected chi connectivity index (χ0v) is 14.5. The number of rotatable bonds is 5. The summed E-state index contributed by atoms with van der Waals surface area (Å²) >= 11 is 0. The molecule has 3 rings (SSSR count). The second-order valence-electron chi connectivity index (χ2n) is 6.63. The van der Waals surface area contributed by atoms with Crippen LogP contribution in [-0.4, -0.2) is 13.7 Å². The minimum absolute atomic E-state index is 0.219. The SMILES string of the molecule is COCC(C#N)CC1(c2ccc(C)cc2)OCc2cc(C)ccc21. The van der Waals surface area contributed by atoms with Gasteiger partial charge in [-0.1, -0.05) is 53.6 Å². The summed E-state index contributed by atoms with van der Waals surface area (Å²) in [5.41, 5.74) is 5.36. The molecule has 3 heteroatoms. The van der Waals surface area contributed by atoms with Gasteiger partial charge >= 0.3 is 0 Å². The number of hydrogen-bond donors (Lipinski definition) is 0. The molecule has 124 valence electrons. The summed E-state index contributed by atoms with van der Waals surface area (Å²) in [6.07, 6.45) is 0.594. The molecule has 2 atom stereocenters. The van der Waals surface area contributed by atoms with Gasteiger partial charge in [0.05, 0.1) is 25.2 Å². The third-order valence-corrected chi connectivity index (χ3v) is 4.77. The first-order valence-electron chi connectivity index (χ1n) is 8.29. The highest BCUT2D eigenvalue weighted by molar-refractivity contribution is 5.46. The molecule has 0 aliphatic carbocycles. The van der Waals surface area contributed by atoms with E-state index < -0.39 is 5.60 Å². The highest BCUT2D eigenvalue weighted by Crippen LogP contribution is 2.46. The smallest absolute Gasteiger partial charge is 0.120 e. The average Bonchev–Trinajstić information content (AvgIpc) is 2.94. The molecule has 2 aromatic rings. The second-order valence-corrected chi connectivity index (χ2v) is 6.63. The topological polar surface area (TPSA) is 42.2 Å². The lowest BCUT2D eigenvalue weighted by Crippen LogP contribution is -2.31. The third-order valence-electron chi connectivity index (χ3n) is 4.77. The van der Waals surface area contributed by atoms with E-state index >= 15 is 0 Å². The number of hydrogen-bond acceptors (Lipinski definition) is 3. The van der Waals surface area contributed by atoms with Crippen LogP contribution in [-0.2, 0) is 21.7 Å². The van der Waals surface area contributed by atoms with E-state index in [1.165, 1.54) is 22.3 Å². The molecule has 0 saturated carbocycles. The van der Waals surface area contributed by atoms with Crippen LogP contribution in [0.4, 0.5) is 0 Å². The molecule has 0 N–H and O–H groups in total. The molecule has 3 nitrogen and oxygen atoms in total. The summed E-state index contributed by atoms with van der Waals surface area (Å²) in [5, 5.41) is 9.53. The van der Waals surface area contributed by atoms with Gasteiger partial charge in [-0.2, -0.15) is 5.26 Å². The van der Waals surface area contributed by atoms with Gasteiger partial charge in [0.15, 0.2) is 0 Å². The number of methoxy groups -OCH3 is 1. The molecular weight excluding hydrogens is 298 g/mol. The monoisotopic (exact) mass is 321 g/mol. The van der Waals surface area contributed by atoms with Crippen molar-refractivity contribution < 1.29 is 9.47 Å². The Kier molecular flexibility index (Phi) is 4.71. The van der Waals surface area contributed by atoms with Crippen LogP contribution in [0.25, 0.3) is 0 Å². The fraction of sp³-hybridized carbons (Fsp3) is 0.381. The second kappa shape index (κ2) is 6.76. The Morgan fingerprint density at radius 3 is 2.54 bits per heavy atom. The Morgan fingerprint density at radius 2 is 1.88 bits per heavy atom. The van der Waals surface area contributed by atoms with E-state index in [-0.39, 0.29) is 5.92 Å². The molecule has 2 aromatic carbocycles. The minimum Gasteiger partial charge on any atom is -0.383 e. The highest BCUT2D eigenvalue weighted by atomic mass is 16.5. The quantitative estimate of drug-likeness (QED) is 0.826. The van der Waals surface area contributed by atoms with Gasteiger partial charge in [-0.25, -0.2) is 0 Å². The lowest BCUT2D eigenvalue weighted by atomic mass is 9.79. The first-order valence-corrected chi connectivity index (χ1v) is 8.29. The molecular formula is C21H23NO2. The van der Waals surface area contributed by atoms with Crippen LogP contribution in [0.5, 0.6) is 0 Å². The van der Waals surface area contributed by atoms with E-state index in [0.717, 1.165) is 5.56 Å². The van der Waals surface area contributed by atoms with Crippen molar-refractivity contribution >= 4 is 0 Å². The van der Waals surface area contributed by atoms with Gasteiger partial charge in [-0.3, -0.25) is 0 Å². The molecule has 0 saturated heterocycles. The molecule has 0 spiro atoms. The van der Waals surface area contributed by atoms with Crippen LogP contribution in [0.3, 0.4) is 0 Å². The Balaban J connectivity index is 2.10. The van der Waals surface area contributed by atoms with Crippen molar-refractivity contribution in [3.8, 4) is 6.07 Å². The Bertz CT molecular complexity index is 760. The van der Waals surface area contributed by atoms with E-state index in [2.05, 4.69) is 62.4 Å². The van der Waals surface area contributed by atoms with E-state index in [1.807, 2.05) is 0 Å². The van der Waals surface area contributed by atoms with Gasteiger partial charge in [-0.15, -0.1) is 0 Å². The van der Waals surface area contributed by atoms with E-state index in [0.29, 0.717) is 19.6 Å². The van der Waals surface area contributed by atoms with Crippen molar-refractivity contribution in [3.05, 3.63) is 70.3 Å². The first kappa shape index (κ1) is 16.7. The summed E-state index contributed by atoms with van der Waals surface area (Å²) in [5.74, 6) is -0.219. The number of fused-ring (bicyclic) bond motifs is 1. The molecule has 0 amide bonds.